The molecule has 108 valence electrons. The molecule has 0 bridgehead atoms. The number of hydrogen-bond donors (Lipinski definition) is 2. The number of anilines is 1. The van der Waals surface area contributed by atoms with E-state index in [-0.39, 0.29) is 22.7 Å². The van der Waals surface area contributed by atoms with E-state index < -0.39 is 10.0 Å². The summed E-state index contributed by atoms with van der Waals surface area (Å²) >= 11 is 0. The van der Waals surface area contributed by atoms with Crippen LogP contribution >= 0.6 is 0 Å². The van der Waals surface area contributed by atoms with Crippen molar-refractivity contribution < 1.29 is 17.9 Å². The van der Waals surface area contributed by atoms with Gasteiger partial charge >= 0.3 is 0 Å². The Morgan fingerprint density at radius 2 is 1.80 bits per heavy atom. The summed E-state index contributed by atoms with van der Waals surface area (Å²) in [7, 11) is -1.04. The zero-order valence-electron chi connectivity index (χ0n) is 11.0. The quantitative estimate of drug-likeness (QED) is 0.816. The van der Waals surface area contributed by atoms with Crippen molar-refractivity contribution in [2.45, 2.75) is 11.9 Å². The summed E-state index contributed by atoms with van der Waals surface area (Å²) in [5.74, 6) is 0.675. The molecule has 2 aromatic heterocycles. The van der Waals surface area contributed by atoms with Crippen molar-refractivity contribution in [2.75, 3.05) is 18.9 Å². The number of nitrogens with zero attached hydrogens (tertiary/aromatic N) is 3. The monoisotopic (exact) mass is 299 g/mol. The highest BCUT2D eigenvalue weighted by molar-refractivity contribution is 7.92. The van der Waals surface area contributed by atoms with Crippen molar-refractivity contribution in [1.82, 2.24) is 19.9 Å². The van der Waals surface area contributed by atoms with Crippen LogP contribution in [0.3, 0.4) is 0 Å². The lowest BCUT2D eigenvalue weighted by molar-refractivity contribution is 0.373. The molecule has 0 aliphatic heterocycles. The number of nitrogens with one attached hydrogen (secondary N) is 2. The zero-order valence-corrected chi connectivity index (χ0v) is 11.9. The van der Waals surface area contributed by atoms with E-state index in [9.17, 15) is 8.42 Å². The number of methoxy groups -OCH3 is 2. The van der Waals surface area contributed by atoms with Crippen LogP contribution in [-0.2, 0) is 10.0 Å². The molecule has 0 fully saturated rings. The van der Waals surface area contributed by atoms with Crippen LogP contribution in [0.5, 0.6) is 11.8 Å². The van der Waals surface area contributed by atoms with Crippen molar-refractivity contribution in [2.24, 2.45) is 0 Å². The maximum absolute atomic E-state index is 12.1. The van der Waals surface area contributed by atoms with Crippen LogP contribution in [0.4, 0.5) is 5.95 Å². The van der Waals surface area contributed by atoms with Gasteiger partial charge in [-0.05, 0) is 6.92 Å². The van der Waals surface area contributed by atoms with Gasteiger partial charge in [0, 0.05) is 0 Å². The fraction of sp³-hybridized carbons (Fsp3) is 0.300. The maximum atomic E-state index is 12.1. The second-order valence-corrected chi connectivity index (χ2v) is 5.37. The first kappa shape index (κ1) is 14.1. The van der Waals surface area contributed by atoms with E-state index >= 15 is 0 Å². The number of H-pyrrole nitrogens is 1. The van der Waals surface area contributed by atoms with Crippen LogP contribution in [0.15, 0.2) is 17.3 Å². The van der Waals surface area contributed by atoms with Crippen molar-refractivity contribution >= 4 is 16.0 Å². The molecule has 10 heteroatoms. The van der Waals surface area contributed by atoms with Gasteiger partial charge < -0.3 is 14.5 Å². The van der Waals surface area contributed by atoms with Crippen molar-refractivity contribution in [3.63, 3.8) is 0 Å². The van der Waals surface area contributed by atoms with Crippen molar-refractivity contribution in [3.05, 3.63) is 18.1 Å². The largest absolute Gasteiger partial charge is 0.481 e. The molecule has 0 saturated heterocycles. The molecular formula is C10H13N5O4S. The Labute approximate surface area is 115 Å². The summed E-state index contributed by atoms with van der Waals surface area (Å²) in [6, 6.07) is 1.43. The molecule has 0 aliphatic rings. The van der Waals surface area contributed by atoms with E-state index in [1.54, 1.807) is 6.92 Å². The Morgan fingerprint density at radius 1 is 1.20 bits per heavy atom. The van der Waals surface area contributed by atoms with E-state index in [0.29, 0.717) is 5.82 Å². The van der Waals surface area contributed by atoms with E-state index in [4.69, 9.17) is 9.47 Å². The molecule has 2 rings (SSSR count). The van der Waals surface area contributed by atoms with Crippen LogP contribution in [0.2, 0.25) is 0 Å². The molecule has 0 radical (unpaired) electrons. The molecule has 0 amide bonds. The maximum Gasteiger partial charge on any atom is 0.281 e. The van der Waals surface area contributed by atoms with Gasteiger partial charge in [-0.2, -0.15) is 18.4 Å². The number of imidazole rings is 1. The topological polar surface area (TPSA) is 119 Å². The molecule has 0 spiro atoms. The average molecular weight is 299 g/mol. The Balaban J connectivity index is 2.33. The van der Waals surface area contributed by atoms with Gasteiger partial charge in [0.05, 0.1) is 26.5 Å². The number of aryl methyl sites for hydroxylation is 1. The van der Waals surface area contributed by atoms with Gasteiger partial charge in [0.1, 0.15) is 5.82 Å². The first-order valence-corrected chi connectivity index (χ1v) is 6.94. The minimum atomic E-state index is -3.85. The predicted molar refractivity (Wildman–Crippen MR) is 69.3 cm³/mol. The number of rotatable bonds is 5. The van der Waals surface area contributed by atoms with Crippen LogP contribution in [0.1, 0.15) is 5.82 Å². The molecule has 0 saturated carbocycles. The molecule has 20 heavy (non-hydrogen) atoms. The third-order valence-electron chi connectivity index (χ3n) is 2.29. The zero-order chi connectivity index (χ0) is 14.8. The minimum absolute atomic E-state index is 0.0830. The SMILES string of the molecule is COc1cc(OC)nc(NS(=O)(=O)c2cnc(C)[nH]2)n1. The molecular weight excluding hydrogens is 286 g/mol. The summed E-state index contributed by atoms with van der Waals surface area (Å²) < 4.78 is 36.2. The molecule has 2 N–H and O–H groups in total. The highest BCUT2D eigenvalue weighted by atomic mass is 32.2. The van der Waals surface area contributed by atoms with Crippen LogP contribution in [0, 0.1) is 6.92 Å². The molecule has 0 unspecified atom stereocenters. The lowest BCUT2D eigenvalue weighted by Gasteiger charge is -2.07. The molecule has 0 aliphatic carbocycles. The minimum Gasteiger partial charge on any atom is -0.481 e. The summed E-state index contributed by atoms with van der Waals surface area (Å²) in [6.45, 7) is 1.64. The summed E-state index contributed by atoms with van der Waals surface area (Å²) in [5.41, 5.74) is 0. The van der Waals surface area contributed by atoms with Gasteiger partial charge in [0.2, 0.25) is 17.7 Å². The standard InChI is InChI=1S/C10H13N5O4S/c1-6-11-5-9(12-6)20(16,17)15-10-13-7(18-2)4-8(14-10)19-3/h4-5H,1-3H3,(H,11,12)(H,13,14,15). The third-order valence-corrected chi connectivity index (χ3v) is 3.53. The van der Waals surface area contributed by atoms with Gasteiger partial charge in [-0.3, -0.25) is 0 Å². The predicted octanol–water partition coefficient (Wildman–Crippen LogP) is 0.326. The number of hydrogen-bond acceptors (Lipinski definition) is 7. The highest BCUT2D eigenvalue weighted by Gasteiger charge is 2.19. The lowest BCUT2D eigenvalue weighted by atomic mass is 10.6. The van der Waals surface area contributed by atoms with Gasteiger partial charge in [0.25, 0.3) is 10.0 Å². The Kier molecular flexibility index (Phi) is 3.74. The molecule has 9 nitrogen and oxygen atoms in total. The van der Waals surface area contributed by atoms with E-state index in [2.05, 4.69) is 24.7 Å². The fourth-order valence-electron chi connectivity index (χ4n) is 1.37. The normalized spacial score (nSPS) is 11.2. The van der Waals surface area contributed by atoms with Gasteiger partial charge in [-0.1, -0.05) is 0 Å². The second kappa shape index (κ2) is 5.33. The van der Waals surface area contributed by atoms with Crippen molar-refractivity contribution in [3.8, 4) is 11.8 Å². The van der Waals surface area contributed by atoms with E-state index in [0.717, 1.165) is 0 Å². The molecule has 0 aromatic carbocycles. The lowest BCUT2D eigenvalue weighted by Crippen LogP contribution is -2.16. The first-order valence-electron chi connectivity index (χ1n) is 5.46. The smallest absolute Gasteiger partial charge is 0.281 e. The van der Waals surface area contributed by atoms with Crippen LogP contribution in [-0.4, -0.2) is 42.6 Å². The molecule has 2 aromatic rings. The molecule has 0 atom stereocenters. The summed E-state index contributed by atoms with van der Waals surface area (Å²) in [5, 5.41) is -0.0830. The Bertz CT molecular complexity index is 690. The Hall–Kier alpha value is -2.36. The second-order valence-electron chi connectivity index (χ2n) is 3.71. The highest BCUT2D eigenvalue weighted by Crippen LogP contribution is 2.19. The number of sulfonamides is 1. The number of ether oxygens (including phenoxy) is 2. The van der Waals surface area contributed by atoms with Crippen LogP contribution < -0.4 is 14.2 Å². The van der Waals surface area contributed by atoms with Crippen molar-refractivity contribution in [1.29, 1.82) is 0 Å². The van der Waals surface area contributed by atoms with Gasteiger partial charge in [0.15, 0.2) is 5.03 Å². The number of aromatic amines is 1. The molecule has 2 heterocycles. The number of aromatic nitrogens is 4. The van der Waals surface area contributed by atoms with Gasteiger partial charge in [-0.25, -0.2) is 9.71 Å². The fourth-order valence-corrected chi connectivity index (χ4v) is 2.28. The van der Waals surface area contributed by atoms with Gasteiger partial charge in [-0.15, -0.1) is 0 Å². The van der Waals surface area contributed by atoms with E-state index in [1.165, 1.54) is 26.5 Å². The first-order chi connectivity index (χ1) is 9.44. The summed E-state index contributed by atoms with van der Waals surface area (Å²) in [4.78, 5) is 14.2. The van der Waals surface area contributed by atoms with Crippen LogP contribution in [0.25, 0.3) is 0 Å². The summed E-state index contributed by atoms with van der Waals surface area (Å²) in [6.07, 6.45) is 1.20. The third kappa shape index (κ3) is 2.96. The Morgan fingerprint density at radius 3 is 2.25 bits per heavy atom. The van der Waals surface area contributed by atoms with E-state index in [1.807, 2.05) is 0 Å². The average Bonchev–Trinajstić information content (AvgIpc) is 2.85.